The Morgan fingerprint density at radius 1 is 1.45 bits per heavy atom. The number of hydrogen-bond donors (Lipinski definition) is 1. The average molecular weight is 279 g/mol. The fourth-order valence-electron chi connectivity index (χ4n) is 2.80. The first-order valence-corrected chi connectivity index (χ1v) is 7.58. The van der Waals surface area contributed by atoms with Crippen molar-refractivity contribution in [3.8, 4) is 0 Å². The smallest absolute Gasteiger partial charge is 0.273 e. The average Bonchev–Trinajstić information content (AvgIpc) is 2.91. The maximum Gasteiger partial charge on any atom is 0.273 e. The Labute approximate surface area is 120 Å². The highest BCUT2D eigenvalue weighted by Crippen LogP contribution is 2.21. The first-order chi connectivity index (χ1) is 9.66. The van der Waals surface area contributed by atoms with Crippen molar-refractivity contribution in [1.82, 2.24) is 15.4 Å². The van der Waals surface area contributed by atoms with Crippen molar-refractivity contribution in [3.05, 3.63) is 17.5 Å². The van der Waals surface area contributed by atoms with Crippen LogP contribution in [-0.2, 0) is 0 Å². The van der Waals surface area contributed by atoms with E-state index in [0.29, 0.717) is 18.0 Å². The highest BCUT2D eigenvalue weighted by Gasteiger charge is 2.17. The van der Waals surface area contributed by atoms with E-state index in [9.17, 15) is 4.79 Å². The van der Waals surface area contributed by atoms with Gasteiger partial charge in [0.1, 0.15) is 5.76 Å². The molecule has 1 N–H and O–H groups in total. The van der Waals surface area contributed by atoms with E-state index in [4.69, 9.17) is 4.52 Å². The first-order valence-electron chi connectivity index (χ1n) is 7.58. The van der Waals surface area contributed by atoms with E-state index < -0.39 is 0 Å². The lowest BCUT2D eigenvalue weighted by atomic mass is 9.94. The van der Waals surface area contributed by atoms with Crippen molar-refractivity contribution < 1.29 is 9.32 Å². The fourth-order valence-corrected chi connectivity index (χ4v) is 2.80. The summed E-state index contributed by atoms with van der Waals surface area (Å²) in [7, 11) is 2.19. The lowest BCUT2D eigenvalue weighted by molar-refractivity contribution is 0.0941. The molecule has 1 aromatic heterocycles. The van der Waals surface area contributed by atoms with Crippen LogP contribution in [0.5, 0.6) is 0 Å². The number of amides is 1. The molecule has 20 heavy (non-hydrogen) atoms. The Kier molecular flexibility index (Phi) is 5.59. The third-order valence-corrected chi connectivity index (χ3v) is 4.03. The predicted molar refractivity (Wildman–Crippen MR) is 77.7 cm³/mol. The van der Waals surface area contributed by atoms with Crippen molar-refractivity contribution in [2.75, 3.05) is 20.1 Å². The molecule has 1 fully saturated rings. The molecule has 0 spiro atoms. The summed E-state index contributed by atoms with van der Waals surface area (Å²) in [6.45, 7) is 3.49. The third-order valence-electron chi connectivity index (χ3n) is 4.03. The van der Waals surface area contributed by atoms with Gasteiger partial charge in [0.25, 0.3) is 5.91 Å². The van der Waals surface area contributed by atoms with Crippen molar-refractivity contribution in [3.63, 3.8) is 0 Å². The molecule has 1 aromatic rings. The van der Waals surface area contributed by atoms with Gasteiger partial charge in [0.2, 0.25) is 0 Å². The molecule has 0 aromatic carbocycles. The summed E-state index contributed by atoms with van der Waals surface area (Å²) in [5.41, 5.74) is 0.364. The molecule has 0 unspecified atom stereocenters. The monoisotopic (exact) mass is 279 g/mol. The van der Waals surface area contributed by atoms with Crippen molar-refractivity contribution in [2.24, 2.45) is 0 Å². The standard InChI is InChI=1S/C15H25N3O2/c1-12-11-14(17-20-12)15(19)16-9-6-10-18(2)13-7-4-3-5-8-13/h11,13H,3-10H2,1-2H3,(H,16,19). The molecular formula is C15H25N3O2. The number of nitrogens with one attached hydrogen (secondary N) is 1. The second-order valence-corrected chi connectivity index (χ2v) is 5.70. The molecule has 2 rings (SSSR count). The fraction of sp³-hybridized carbons (Fsp3) is 0.733. The quantitative estimate of drug-likeness (QED) is 0.812. The third kappa shape index (κ3) is 4.34. The van der Waals surface area contributed by atoms with Gasteiger partial charge < -0.3 is 14.7 Å². The van der Waals surface area contributed by atoms with Crippen LogP contribution in [0.15, 0.2) is 10.6 Å². The van der Waals surface area contributed by atoms with Crippen LogP contribution in [0.4, 0.5) is 0 Å². The van der Waals surface area contributed by atoms with Crippen LogP contribution in [-0.4, -0.2) is 42.1 Å². The van der Waals surface area contributed by atoms with Crippen LogP contribution >= 0.6 is 0 Å². The molecule has 0 bridgehead atoms. The summed E-state index contributed by atoms with van der Waals surface area (Å²) in [6.07, 6.45) is 7.71. The molecule has 0 aliphatic heterocycles. The van der Waals surface area contributed by atoms with E-state index >= 15 is 0 Å². The topological polar surface area (TPSA) is 58.4 Å². The second-order valence-electron chi connectivity index (χ2n) is 5.70. The van der Waals surface area contributed by atoms with Crippen molar-refractivity contribution >= 4 is 5.91 Å². The van der Waals surface area contributed by atoms with Gasteiger partial charge in [-0.15, -0.1) is 0 Å². The molecule has 1 saturated carbocycles. The molecule has 1 amide bonds. The van der Waals surface area contributed by atoms with Gasteiger partial charge in [-0.2, -0.15) is 0 Å². The molecular weight excluding hydrogens is 254 g/mol. The van der Waals surface area contributed by atoms with Gasteiger partial charge in [-0.25, -0.2) is 0 Å². The Hall–Kier alpha value is -1.36. The van der Waals surface area contributed by atoms with E-state index in [1.165, 1.54) is 32.1 Å². The van der Waals surface area contributed by atoms with Crippen LogP contribution in [0.2, 0.25) is 0 Å². The van der Waals surface area contributed by atoms with Crippen LogP contribution in [0.3, 0.4) is 0 Å². The van der Waals surface area contributed by atoms with Crippen molar-refractivity contribution in [1.29, 1.82) is 0 Å². The summed E-state index contributed by atoms with van der Waals surface area (Å²) in [4.78, 5) is 14.2. The highest BCUT2D eigenvalue weighted by atomic mass is 16.5. The van der Waals surface area contributed by atoms with Gasteiger partial charge in [-0.1, -0.05) is 24.4 Å². The van der Waals surface area contributed by atoms with E-state index in [0.717, 1.165) is 19.0 Å². The summed E-state index contributed by atoms with van der Waals surface area (Å²) in [6, 6.07) is 2.39. The maximum atomic E-state index is 11.8. The van der Waals surface area contributed by atoms with Gasteiger partial charge in [0.15, 0.2) is 5.69 Å². The Bertz CT molecular complexity index is 425. The summed E-state index contributed by atoms with van der Waals surface area (Å²) >= 11 is 0. The zero-order valence-electron chi connectivity index (χ0n) is 12.5. The zero-order chi connectivity index (χ0) is 14.4. The zero-order valence-corrected chi connectivity index (χ0v) is 12.5. The molecule has 1 aliphatic carbocycles. The Morgan fingerprint density at radius 2 is 2.20 bits per heavy atom. The first kappa shape index (κ1) is 15.0. The van der Waals surface area contributed by atoms with Crippen LogP contribution < -0.4 is 5.32 Å². The summed E-state index contributed by atoms with van der Waals surface area (Å²) in [5.74, 6) is 0.509. The number of aryl methyl sites for hydroxylation is 1. The largest absolute Gasteiger partial charge is 0.361 e. The van der Waals surface area contributed by atoms with Gasteiger partial charge >= 0.3 is 0 Å². The molecule has 0 atom stereocenters. The highest BCUT2D eigenvalue weighted by molar-refractivity contribution is 5.92. The molecule has 5 nitrogen and oxygen atoms in total. The molecule has 0 radical (unpaired) electrons. The van der Waals surface area contributed by atoms with Gasteiger partial charge in [0, 0.05) is 18.7 Å². The molecule has 0 saturated heterocycles. The minimum Gasteiger partial charge on any atom is -0.361 e. The number of nitrogens with zero attached hydrogens (tertiary/aromatic N) is 2. The van der Waals surface area contributed by atoms with E-state index in [-0.39, 0.29) is 5.91 Å². The number of aromatic nitrogens is 1. The SMILES string of the molecule is Cc1cc(C(=O)NCCCN(C)C2CCCCC2)no1. The van der Waals surface area contributed by atoms with Crippen molar-refractivity contribution in [2.45, 2.75) is 51.5 Å². The van der Waals surface area contributed by atoms with Crippen LogP contribution in [0.25, 0.3) is 0 Å². The predicted octanol–water partition coefficient (Wildman–Crippen LogP) is 2.37. The Morgan fingerprint density at radius 3 is 2.85 bits per heavy atom. The molecule has 1 aliphatic rings. The number of rotatable bonds is 6. The number of carbonyl (C=O) groups is 1. The van der Waals surface area contributed by atoms with Gasteiger partial charge in [0.05, 0.1) is 0 Å². The minimum absolute atomic E-state index is 0.151. The maximum absolute atomic E-state index is 11.8. The number of hydrogen-bond acceptors (Lipinski definition) is 4. The van der Waals surface area contributed by atoms with Gasteiger partial charge in [-0.3, -0.25) is 4.79 Å². The molecule has 112 valence electrons. The lowest BCUT2D eigenvalue weighted by Gasteiger charge is -2.31. The van der Waals surface area contributed by atoms with E-state index in [1.807, 2.05) is 0 Å². The normalized spacial score (nSPS) is 16.6. The van der Waals surface area contributed by atoms with Crippen LogP contribution in [0.1, 0.15) is 54.8 Å². The lowest BCUT2D eigenvalue weighted by Crippen LogP contribution is -2.35. The molecule has 1 heterocycles. The van der Waals surface area contributed by atoms with E-state index in [2.05, 4.69) is 22.4 Å². The summed E-state index contributed by atoms with van der Waals surface area (Å²) < 4.78 is 4.89. The number of carbonyl (C=O) groups excluding carboxylic acids is 1. The van der Waals surface area contributed by atoms with E-state index in [1.54, 1.807) is 13.0 Å². The van der Waals surface area contributed by atoms with Crippen LogP contribution in [0, 0.1) is 6.92 Å². The summed E-state index contributed by atoms with van der Waals surface area (Å²) in [5, 5.41) is 6.59. The van der Waals surface area contributed by atoms with Gasteiger partial charge in [-0.05, 0) is 39.8 Å². The minimum atomic E-state index is -0.151. The Balaban J connectivity index is 1.62. The molecule has 5 heteroatoms. The second kappa shape index (κ2) is 7.43.